The lowest BCUT2D eigenvalue weighted by Gasteiger charge is -2.20. The monoisotopic (exact) mass is 358 g/mol. The Kier molecular flexibility index (Phi) is 5.55. The zero-order chi connectivity index (χ0) is 18.5. The van der Waals surface area contributed by atoms with Gasteiger partial charge in [-0.3, -0.25) is 10.2 Å². The number of allylic oxidation sites excluding steroid dienone is 1. The molecule has 138 valence electrons. The average Bonchev–Trinajstić information content (AvgIpc) is 2.96. The number of amides is 1. The number of carbonyl (C=O) groups is 2. The highest BCUT2D eigenvalue weighted by Gasteiger charge is 2.29. The van der Waals surface area contributed by atoms with Crippen LogP contribution in [-0.4, -0.2) is 36.0 Å². The molecular weight excluding hydrogens is 336 g/mol. The second kappa shape index (κ2) is 8.03. The van der Waals surface area contributed by atoms with Gasteiger partial charge in [-0.15, -0.1) is 5.06 Å². The van der Waals surface area contributed by atoms with Crippen LogP contribution in [0, 0.1) is 5.41 Å². The molecule has 1 aromatic rings. The molecule has 0 spiro atoms. The number of benzene rings is 1. The van der Waals surface area contributed by atoms with Crippen molar-refractivity contribution in [2.24, 2.45) is 0 Å². The molecule has 7 nitrogen and oxygen atoms in total. The molecule has 0 saturated carbocycles. The van der Waals surface area contributed by atoms with Crippen LogP contribution < -0.4 is 9.47 Å². The van der Waals surface area contributed by atoms with Crippen LogP contribution in [0.4, 0.5) is 0 Å². The zero-order valence-corrected chi connectivity index (χ0v) is 14.7. The number of carbonyl (C=O) groups excluding carboxylic acids is 2. The molecular formula is C19H22N2O5. The largest absolute Gasteiger partial charge is 0.493 e. The summed E-state index contributed by atoms with van der Waals surface area (Å²) >= 11 is 0. The number of hydrogen-bond donors (Lipinski definition) is 1. The fraction of sp³-hybridized carbons (Fsp3) is 0.421. The lowest BCUT2D eigenvalue weighted by atomic mass is 9.99. The minimum absolute atomic E-state index is 0.0224. The summed E-state index contributed by atoms with van der Waals surface area (Å²) in [5.41, 5.74) is 2.36. The Hall–Kier alpha value is -2.83. The molecule has 2 aliphatic heterocycles. The second-order valence-corrected chi connectivity index (χ2v) is 6.12. The van der Waals surface area contributed by atoms with Gasteiger partial charge in [0.15, 0.2) is 0 Å². The van der Waals surface area contributed by atoms with E-state index < -0.39 is 5.97 Å². The Bertz CT molecular complexity index is 740. The van der Waals surface area contributed by atoms with E-state index in [1.54, 1.807) is 0 Å². The van der Waals surface area contributed by atoms with Gasteiger partial charge in [0, 0.05) is 30.9 Å². The lowest BCUT2D eigenvalue weighted by Crippen LogP contribution is -2.31. The summed E-state index contributed by atoms with van der Waals surface area (Å²) in [7, 11) is 0. The van der Waals surface area contributed by atoms with Crippen molar-refractivity contribution in [1.29, 1.82) is 5.41 Å². The van der Waals surface area contributed by atoms with Crippen molar-refractivity contribution < 1.29 is 23.9 Å². The highest BCUT2D eigenvalue weighted by molar-refractivity contribution is 6.02. The van der Waals surface area contributed by atoms with E-state index in [1.807, 2.05) is 25.1 Å². The summed E-state index contributed by atoms with van der Waals surface area (Å²) in [4.78, 5) is 28.2. The van der Waals surface area contributed by atoms with Crippen LogP contribution in [0.1, 0.15) is 44.6 Å². The molecule has 26 heavy (non-hydrogen) atoms. The van der Waals surface area contributed by atoms with Gasteiger partial charge >= 0.3 is 5.97 Å². The van der Waals surface area contributed by atoms with Gasteiger partial charge in [-0.25, -0.2) is 4.79 Å². The van der Waals surface area contributed by atoms with Gasteiger partial charge in [0.05, 0.1) is 19.6 Å². The smallest absolute Gasteiger partial charge is 0.333 e. The molecule has 2 aliphatic rings. The molecule has 0 bridgehead atoms. The zero-order valence-electron chi connectivity index (χ0n) is 14.7. The standard InChI is InChI=1S/C19H22N2O5/c1-2-13-9-11-25-16-12-14(5-6-15(13)16)24-10-3-4-19(23)26-21-17(20)7-8-18(21)22/h2,5-6,12,20H,3-4,7-11H2,1H3/b13-2+,20-17?. The van der Waals surface area contributed by atoms with Crippen LogP contribution >= 0.6 is 0 Å². The van der Waals surface area contributed by atoms with Crippen LogP contribution in [0.2, 0.25) is 0 Å². The Labute approximate surface area is 152 Å². The number of amidine groups is 1. The maximum Gasteiger partial charge on any atom is 0.333 e. The Balaban J connectivity index is 1.44. The first kappa shape index (κ1) is 18.0. The average molecular weight is 358 g/mol. The van der Waals surface area contributed by atoms with Crippen LogP contribution in [0.3, 0.4) is 0 Å². The summed E-state index contributed by atoms with van der Waals surface area (Å²) in [5, 5.41) is 8.33. The van der Waals surface area contributed by atoms with Crippen LogP contribution in [-0.2, 0) is 14.4 Å². The molecule has 7 heteroatoms. The van der Waals surface area contributed by atoms with E-state index in [0.29, 0.717) is 31.8 Å². The van der Waals surface area contributed by atoms with Crippen LogP contribution in [0.15, 0.2) is 24.3 Å². The van der Waals surface area contributed by atoms with Crippen LogP contribution in [0.25, 0.3) is 5.57 Å². The van der Waals surface area contributed by atoms with Crippen molar-refractivity contribution in [3.63, 3.8) is 0 Å². The molecule has 1 amide bonds. The highest BCUT2D eigenvalue weighted by Crippen LogP contribution is 2.35. The van der Waals surface area contributed by atoms with Gasteiger partial charge in [-0.2, -0.15) is 0 Å². The summed E-state index contributed by atoms with van der Waals surface area (Å²) in [6, 6.07) is 5.73. The summed E-state index contributed by atoms with van der Waals surface area (Å²) in [6.45, 7) is 3.02. The maximum absolute atomic E-state index is 11.8. The Morgan fingerprint density at radius 3 is 2.92 bits per heavy atom. The van der Waals surface area contributed by atoms with E-state index in [1.165, 1.54) is 5.57 Å². The van der Waals surface area contributed by atoms with E-state index in [2.05, 4.69) is 6.08 Å². The first-order valence-electron chi connectivity index (χ1n) is 8.75. The molecule has 0 aromatic heterocycles. The number of fused-ring (bicyclic) bond motifs is 1. The van der Waals surface area contributed by atoms with Crippen molar-refractivity contribution in [2.75, 3.05) is 13.2 Å². The minimum Gasteiger partial charge on any atom is -0.493 e. The van der Waals surface area contributed by atoms with E-state index in [-0.39, 0.29) is 24.6 Å². The molecule has 1 saturated heterocycles. The highest BCUT2D eigenvalue weighted by atomic mass is 16.7. The number of hydroxylamine groups is 2. The SMILES string of the molecule is C/C=C1\CCOc2cc(OCCCC(=O)ON3C(=N)CCC3=O)ccc21. The molecule has 0 atom stereocenters. The van der Waals surface area contributed by atoms with Gasteiger partial charge in [0.2, 0.25) is 0 Å². The number of rotatable bonds is 6. The fourth-order valence-electron chi connectivity index (χ4n) is 2.92. The molecule has 2 heterocycles. The van der Waals surface area contributed by atoms with Crippen molar-refractivity contribution in [3.05, 3.63) is 29.8 Å². The first-order valence-corrected chi connectivity index (χ1v) is 8.75. The van der Waals surface area contributed by atoms with E-state index in [9.17, 15) is 9.59 Å². The van der Waals surface area contributed by atoms with Crippen molar-refractivity contribution in [2.45, 2.75) is 39.0 Å². The molecule has 0 aliphatic carbocycles. The molecule has 3 rings (SSSR count). The summed E-state index contributed by atoms with van der Waals surface area (Å²) < 4.78 is 11.4. The predicted molar refractivity (Wildman–Crippen MR) is 94.8 cm³/mol. The van der Waals surface area contributed by atoms with Gasteiger partial charge in [-0.05, 0) is 31.1 Å². The van der Waals surface area contributed by atoms with Gasteiger partial charge in [0.25, 0.3) is 5.91 Å². The number of nitrogens with one attached hydrogen (secondary N) is 1. The maximum atomic E-state index is 11.8. The molecule has 0 unspecified atom stereocenters. The Morgan fingerprint density at radius 2 is 2.19 bits per heavy atom. The number of hydrogen-bond acceptors (Lipinski definition) is 6. The quantitative estimate of drug-likeness (QED) is 0.790. The number of nitrogens with zero attached hydrogens (tertiary/aromatic N) is 1. The van der Waals surface area contributed by atoms with Gasteiger partial charge in [0.1, 0.15) is 17.3 Å². The van der Waals surface area contributed by atoms with Crippen molar-refractivity contribution >= 4 is 23.3 Å². The summed E-state index contributed by atoms with van der Waals surface area (Å²) in [6.07, 6.45) is 4.09. The second-order valence-electron chi connectivity index (χ2n) is 6.12. The topological polar surface area (TPSA) is 88.9 Å². The van der Waals surface area contributed by atoms with Crippen molar-refractivity contribution in [1.82, 2.24) is 5.06 Å². The number of ether oxygens (including phenoxy) is 2. The van der Waals surface area contributed by atoms with Crippen LogP contribution in [0.5, 0.6) is 11.5 Å². The first-order chi connectivity index (χ1) is 12.6. The van der Waals surface area contributed by atoms with E-state index in [4.69, 9.17) is 19.7 Å². The molecule has 1 N–H and O–H groups in total. The third-order valence-electron chi connectivity index (χ3n) is 4.31. The minimum atomic E-state index is -0.542. The fourth-order valence-corrected chi connectivity index (χ4v) is 2.92. The molecule has 0 radical (unpaired) electrons. The predicted octanol–water partition coefficient (Wildman–Crippen LogP) is 3.09. The van der Waals surface area contributed by atoms with E-state index >= 15 is 0 Å². The Morgan fingerprint density at radius 1 is 1.35 bits per heavy atom. The summed E-state index contributed by atoms with van der Waals surface area (Å²) in [5.74, 6) is 0.627. The normalized spacial score (nSPS) is 17.9. The van der Waals surface area contributed by atoms with Gasteiger partial charge in [-0.1, -0.05) is 6.08 Å². The van der Waals surface area contributed by atoms with Gasteiger partial charge < -0.3 is 14.3 Å². The lowest BCUT2D eigenvalue weighted by molar-refractivity contribution is -0.180. The third kappa shape index (κ3) is 4.04. The molecule has 1 aromatic carbocycles. The third-order valence-corrected chi connectivity index (χ3v) is 4.31. The molecule has 1 fully saturated rings. The van der Waals surface area contributed by atoms with E-state index in [0.717, 1.165) is 22.8 Å². The van der Waals surface area contributed by atoms with Crippen molar-refractivity contribution in [3.8, 4) is 11.5 Å².